The van der Waals surface area contributed by atoms with Crippen molar-refractivity contribution in [2.45, 2.75) is 13.3 Å². The van der Waals surface area contributed by atoms with E-state index in [9.17, 15) is 0 Å². The van der Waals surface area contributed by atoms with Crippen molar-refractivity contribution in [1.29, 1.82) is 0 Å². The summed E-state index contributed by atoms with van der Waals surface area (Å²) in [5.41, 5.74) is 3.58. The second kappa shape index (κ2) is 3.91. The number of hydrogen-bond acceptors (Lipinski definition) is 2. The molecule has 3 rings (SSSR count). The fourth-order valence-electron chi connectivity index (χ4n) is 2.30. The maximum atomic E-state index is 4.39. The lowest BCUT2D eigenvalue weighted by Gasteiger charge is -2.20. The van der Waals surface area contributed by atoms with Gasteiger partial charge in [-0.05, 0) is 30.0 Å². The van der Waals surface area contributed by atoms with Gasteiger partial charge >= 0.3 is 0 Å². The number of aryl methyl sites for hydroxylation is 1. The van der Waals surface area contributed by atoms with Gasteiger partial charge in [0.2, 0.25) is 0 Å². The Kier molecular flexibility index (Phi) is 2.39. The van der Waals surface area contributed by atoms with E-state index < -0.39 is 0 Å². The lowest BCUT2D eigenvalue weighted by atomic mass is 10.00. The first-order valence-corrected chi connectivity index (χ1v) is 6.10. The molecule has 1 aliphatic rings. The van der Waals surface area contributed by atoms with Gasteiger partial charge in [-0.2, -0.15) is 5.10 Å². The number of hydrogen-bond donors (Lipinski definition) is 1. The Bertz CT molecular complexity index is 580. The fraction of sp³-hybridized carbons (Fsp3) is 0.357. The highest BCUT2D eigenvalue weighted by Gasteiger charge is 2.11. The Hall–Kier alpha value is -1.77. The molecule has 0 aliphatic carbocycles. The van der Waals surface area contributed by atoms with Gasteiger partial charge in [-0.15, -0.1) is 0 Å². The third kappa shape index (κ3) is 1.93. The van der Waals surface area contributed by atoms with Crippen LogP contribution in [-0.4, -0.2) is 16.3 Å². The van der Waals surface area contributed by atoms with E-state index in [-0.39, 0.29) is 0 Å². The standard InChI is InChI=1S/C14H17N3/c1-10-3-5-13(15-8-10)11-4-6-14-12(7-11)9-17(2)16-14/h4-7,9-10,15H,3,8H2,1-2H3. The monoisotopic (exact) mass is 227 g/mol. The molecule has 1 unspecified atom stereocenters. The van der Waals surface area contributed by atoms with Crippen molar-refractivity contribution in [3.8, 4) is 0 Å². The number of allylic oxidation sites excluding steroid dienone is 1. The summed E-state index contributed by atoms with van der Waals surface area (Å²) in [6.07, 6.45) is 5.52. The summed E-state index contributed by atoms with van der Waals surface area (Å²) in [5.74, 6) is 0.737. The van der Waals surface area contributed by atoms with Crippen LogP contribution in [0.15, 0.2) is 30.5 Å². The summed E-state index contributed by atoms with van der Waals surface area (Å²) >= 11 is 0. The number of benzene rings is 1. The van der Waals surface area contributed by atoms with Crippen molar-refractivity contribution >= 4 is 16.6 Å². The average molecular weight is 227 g/mol. The number of nitrogens with zero attached hydrogens (tertiary/aromatic N) is 2. The fourth-order valence-corrected chi connectivity index (χ4v) is 2.30. The van der Waals surface area contributed by atoms with Crippen molar-refractivity contribution in [1.82, 2.24) is 15.1 Å². The van der Waals surface area contributed by atoms with Crippen LogP contribution in [0.3, 0.4) is 0 Å². The molecule has 0 saturated carbocycles. The molecular weight excluding hydrogens is 210 g/mol. The quantitative estimate of drug-likeness (QED) is 0.811. The molecule has 0 spiro atoms. The van der Waals surface area contributed by atoms with Gasteiger partial charge in [-0.25, -0.2) is 0 Å². The van der Waals surface area contributed by atoms with Crippen LogP contribution < -0.4 is 5.32 Å². The first-order chi connectivity index (χ1) is 8.22. The summed E-state index contributed by atoms with van der Waals surface area (Å²) in [5, 5.41) is 9.08. The van der Waals surface area contributed by atoms with Crippen LogP contribution in [0.25, 0.3) is 16.6 Å². The van der Waals surface area contributed by atoms with Gasteiger partial charge in [-0.1, -0.05) is 19.1 Å². The van der Waals surface area contributed by atoms with E-state index in [1.807, 2.05) is 11.7 Å². The van der Waals surface area contributed by atoms with Gasteiger partial charge in [0.25, 0.3) is 0 Å². The normalized spacial score (nSPS) is 20.1. The highest BCUT2D eigenvalue weighted by atomic mass is 15.2. The molecule has 1 atom stereocenters. The molecule has 0 radical (unpaired) electrons. The van der Waals surface area contributed by atoms with E-state index in [1.165, 1.54) is 16.6 Å². The molecule has 1 aromatic heterocycles. The van der Waals surface area contributed by atoms with E-state index in [0.717, 1.165) is 24.4 Å². The highest BCUT2D eigenvalue weighted by molar-refractivity contribution is 5.82. The summed E-state index contributed by atoms with van der Waals surface area (Å²) in [6, 6.07) is 6.44. The molecule has 0 saturated heterocycles. The van der Waals surface area contributed by atoms with Gasteiger partial charge in [-0.3, -0.25) is 4.68 Å². The van der Waals surface area contributed by atoms with Crippen molar-refractivity contribution in [2.24, 2.45) is 13.0 Å². The SMILES string of the molecule is CC1CC=C(c2ccc3nn(C)cc3c2)NC1. The molecule has 0 amide bonds. The molecule has 2 aromatic rings. The Morgan fingerprint density at radius 1 is 1.41 bits per heavy atom. The molecule has 3 nitrogen and oxygen atoms in total. The van der Waals surface area contributed by atoms with Crippen molar-refractivity contribution in [2.75, 3.05) is 6.54 Å². The van der Waals surface area contributed by atoms with Crippen LogP contribution in [0.2, 0.25) is 0 Å². The van der Waals surface area contributed by atoms with Crippen LogP contribution in [0.5, 0.6) is 0 Å². The van der Waals surface area contributed by atoms with E-state index >= 15 is 0 Å². The average Bonchev–Trinajstić information content (AvgIpc) is 2.69. The minimum absolute atomic E-state index is 0.737. The van der Waals surface area contributed by atoms with Crippen LogP contribution in [0, 0.1) is 5.92 Å². The molecule has 17 heavy (non-hydrogen) atoms. The largest absolute Gasteiger partial charge is 0.385 e. The topological polar surface area (TPSA) is 29.9 Å². The summed E-state index contributed by atoms with van der Waals surface area (Å²) < 4.78 is 1.86. The smallest absolute Gasteiger partial charge is 0.0923 e. The number of aromatic nitrogens is 2. The molecule has 1 aromatic carbocycles. The van der Waals surface area contributed by atoms with Crippen LogP contribution >= 0.6 is 0 Å². The molecule has 1 N–H and O–H groups in total. The van der Waals surface area contributed by atoms with E-state index in [2.05, 4.69) is 47.8 Å². The molecule has 0 fully saturated rings. The first-order valence-electron chi connectivity index (χ1n) is 6.10. The van der Waals surface area contributed by atoms with Crippen molar-refractivity contribution < 1.29 is 0 Å². The first kappa shape index (κ1) is 10.4. The summed E-state index contributed by atoms with van der Waals surface area (Å²) in [7, 11) is 1.96. The van der Waals surface area contributed by atoms with Gasteiger partial charge in [0.1, 0.15) is 0 Å². The lowest BCUT2D eigenvalue weighted by molar-refractivity contribution is 0.550. The van der Waals surface area contributed by atoms with E-state index in [0.29, 0.717) is 0 Å². The second-order valence-corrected chi connectivity index (χ2v) is 4.92. The number of nitrogens with one attached hydrogen (secondary N) is 1. The Balaban J connectivity index is 2.00. The third-order valence-electron chi connectivity index (χ3n) is 3.30. The lowest BCUT2D eigenvalue weighted by Crippen LogP contribution is -2.23. The van der Waals surface area contributed by atoms with E-state index in [4.69, 9.17) is 0 Å². The second-order valence-electron chi connectivity index (χ2n) is 4.92. The zero-order chi connectivity index (χ0) is 11.8. The van der Waals surface area contributed by atoms with Crippen LogP contribution in [0.4, 0.5) is 0 Å². The van der Waals surface area contributed by atoms with Gasteiger partial charge < -0.3 is 5.32 Å². The Labute approximate surface area is 101 Å². The van der Waals surface area contributed by atoms with Gasteiger partial charge in [0.05, 0.1) is 5.52 Å². The molecule has 0 bridgehead atoms. The minimum atomic E-state index is 0.737. The summed E-state index contributed by atoms with van der Waals surface area (Å²) in [4.78, 5) is 0. The maximum absolute atomic E-state index is 4.39. The minimum Gasteiger partial charge on any atom is -0.385 e. The summed E-state index contributed by atoms with van der Waals surface area (Å²) in [6.45, 7) is 3.33. The zero-order valence-corrected chi connectivity index (χ0v) is 10.3. The molecular formula is C14H17N3. The molecule has 2 heterocycles. The van der Waals surface area contributed by atoms with Crippen LogP contribution in [0.1, 0.15) is 18.9 Å². The van der Waals surface area contributed by atoms with E-state index in [1.54, 1.807) is 0 Å². The predicted octanol–water partition coefficient (Wildman–Crippen LogP) is 2.54. The number of fused-ring (bicyclic) bond motifs is 1. The van der Waals surface area contributed by atoms with Crippen molar-refractivity contribution in [3.05, 3.63) is 36.0 Å². The third-order valence-corrected chi connectivity index (χ3v) is 3.30. The molecule has 88 valence electrons. The predicted molar refractivity (Wildman–Crippen MR) is 70.5 cm³/mol. The van der Waals surface area contributed by atoms with Gasteiger partial charge in [0, 0.05) is 30.9 Å². The van der Waals surface area contributed by atoms with Crippen molar-refractivity contribution in [3.63, 3.8) is 0 Å². The maximum Gasteiger partial charge on any atom is 0.0923 e. The Morgan fingerprint density at radius 2 is 2.29 bits per heavy atom. The van der Waals surface area contributed by atoms with Crippen LogP contribution in [-0.2, 0) is 7.05 Å². The highest BCUT2D eigenvalue weighted by Crippen LogP contribution is 2.22. The van der Waals surface area contributed by atoms with Gasteiger partial charge in [0.15, 0.2) is 0 Å². The molecule has 1 aliphatic heterocycles. The number of rotatable bonds is 1. The molecule has 3 heteroatoms. The zero-order valence-electron chi connectivity index (χ0n) is 10.3. The Morgan fingerprint density at radius 3 is 3.06 bits per heavy atom.